The third-order valence-electron chi connectivity index (χ3n) is 4.57. The highest BCUT2D eigenvalue weighted by Crippen LogP contribution is 2.14. The van der Waals surface area contributed by atoms with Gasteiger partial charge in [-0.05, 0) is 24.3 Å². The van der Waals surface area contributed by atoms with Crippen LogP contribution < -0.4 is 0 Å². The minimum absolute atomic E-state index is 0.0952. The Kier molecular flexibility index (Phi) is 5.32. The summed E-state index contributed by atoms with van der Waals surface area (Å²) in [4.78, 5) is 27.1. The zero-order valence-corrected chi connectivity index (χ0v) is 15.1. The molecule has 8 heteroatoms. The average Bonchev–Trinajstić information content (AvgIpc) is 2.96. The largest absolute Gasteiger partial charge is 0.358 e. The predicted octanol–water partition coefficient (Wildman–Crippen LogP) is 1.75. The zero-order chi connectivity index (χ0) is 18.7. The molecule has 0 N–H and O–H groups in total. The minimum Gasteiger partial charge on any atom is -0.358 e. The van der Waals surface area contributed by atoms with Crippen LogP contribution in [0.4, 0.5) is 5.82 Å². The van der Waals surface area contributed by atoms with Gasteiger partial charge < -0.3 is 15.0 Å². The number of aromatic nitrogens is 2. The maximum atomic E-state index is 12.5. The molecule has 0 spiro atoms. The maximum absolute atomic E-state index is 12.5. The van der Waals surface area contributed by atoms with Crippen molar-refractivity contribution in [3.8, 4) is 0 Å². The highest BCUT2D eigenvalue weighted by Gasteiger charge is 2.25. The fourth-order valence-electron chi connectivity index (χ4n) is 3.25. The molecule has 0 radical (unpaired) electrons. The summed E-state index contributed by atoms with van der Waals surface area (Å²) >= 11 is 0. The highest BCUT2D eigenvalue weighted by atomic mass is 16.6. The summed E-state index contributed by atoms with van der Waals surface area (Å²) < 4.78 is 1.18. The number of amides is 1. The molecule has 3 rings (SSSR count). The molecular weight excluding hydrogens is 334 g/mol. The molecule has 0 saturated carbocycles. The molecule has 2 aromatic rings. The van der Waals surface area contributed by atoms with E-state index in [4.69, 9.17) is 0 Å². The van der Waals surface area contributed by atoms with Crippen molar-refractivity contribution in [2.45, 2.75) is 26.9 Å². The molecule has 1 aromatic carbocycles. The van der Waals surface area contributed by atoms with Crippen molar-refractivity contribution < 1.29 is 9.72 Å². The van der Waals surface area contributed by atoms with Gasteiger partial charge in [0.1, 0.15) is 0 Å². The fraction of sp³-hybridized carbons (Fsp3) is 0.444. The van der Waals surface area contributed by atoms with Crippen LogP contribution in [0.25, 0.3) is 0 Å². The summed E-state index contributed by atoms with van der Waals surface area (Å²) in [5.74, 6) is -0.277. The Morgan fingerprint density at radius 1 is 1.19 bits per heavy atom. The standard InChI is InChI=1S/C18H23N5O3/c1-14-4-3-5-16(10-14)12-20-6-8-21(9-7-20)18(24)13-22-17(23(25)26)11-15(2)19-22/h3-5,10-11H,6-9,12-13H2,1-2H3. The number of carbonyl (C=O) groups is 1. The molecule has 1 aromatic heterocycles. The molecule has 0 aliphatic carbocycles. The second-order valence-electron chi connectivity index (χ2n) is 6.70. The van der Waals surface area contributed by atoms with Gasteiger partial charge in [-0.3, -0.25) is 9.69 Å². The molecule has 0 atom stereocenters. The van der Waals surface area contributed by atoms with Crippen molar-refractivity contribution in [3.05, 3.63) is 57.3 Å². The van der Waals surface area contributed by atoms with Crippen LogP contribution in [0.15, 0.2) is 30.3 Å². The van der Waals surface area contributed by atoms with Crippen molar-refractivity contribution in [3.63, 3.8) is 0 Å². The average molecular weight is 357 g/mol. The zero-order valence-electron chi connectivity index (χ0n) is 15.1. The Morgan fingerprint density at radius 3 is 2.58 bits per heavy atom. The van der Waals surface area contributed by atoms with Crippen LogP contribution >= 0.6 is 0 Å². The van der Waals surface area contributed by atoms with Crippen molar-refractivity contribution in [1.82, 2.24) is 19.6 Å². The number of carbonyl (C=O) groups excluding carboxylic acids is 1. The van der Waals surface area contributed by atoms with E-state index < -0.39 is 4.92 Å². The number of aryl methyl sites for hydroxylation is 2. The molecule has 1 fully saturated rings. The van der Waals surface area contributed by atoms with Crippen molar-refractivity contribution in [2.75, 3.05) is 26.2 Å². The van der Waals surface area contributed by atoms with Crippen LogP contribution in [0.1, 0.15) is 16.8 Å². The van der Waals surface area contributed by atoms with Crippen molar-refractivity contribution in [1.29, 1.82) is 0 Å². The van der Waals surface area contributed by atoms with Crippen LogP contribution in [0.2, 0.25) is 0 Å². The molecule has 1 aliphatic rings. The van der Waals surface area contributed by atoms with Gasteiger partial charge in [-0.2, -0.15) is 0 Å². The van der Waals surface area contributed by atoms with Gasteiger partial charge in [0.2, 0.25) is 0 Å². The molecule has 8 nitrogen and oxygen atoms in total. The number of piperazine rings is 1. The molecule has 0 unspecified atom stereocenters. The number of hydrogen-bond acceptors (Lipinski definition) is 5. The molecule has 26 heavy (non-hydrogen) atoms. The molecule has 138 valence electrons. The fourth-order valence-corrected chi connectivity index (χ4v) is 3.25. The number of hydrogen-bond donors (Lipinski definition) is 0. The van der Waals surface area contributed by atoms with Gasteiger partial charge in [0.15, 0.2) is 6.54 Å². The van der Waals surface area contributed by atoms with E-state index >= 15 is 0 Å². The van der Waals surface area contributed by atoms with E-state index in [1.807, 2.05) is 0 Å². The molecule has 2 heterocycles. The van der Waals surface area contributed by atoms with E-state index in [9.17, 15) is 14.9 Å². The molecule has 1 amide bonds. The van der Waals surface area contributed by atoms with E-state index in [1.165, 1.54) is 21.9 Å². The number of nitro groups is 1. The normalized spacial score (nSPS) is 15.2. The lowest BCUT2D eigenvalue weighted by Crippen LogP contribution is -2.49. The third kappa shape index (κ3) is 4.26. The number of benzene rings is 1. The van der Waals surface area contributed by atoms with Crippen LogP contribution in [-0.2, 0) is 17.9 Å². The monoisotopic (exact) mass is 357 g/mol. The first kappa shape index (κ1) is 18.1. The maximum Gasteiger partial charge on any atom is 0.345 e. The minimum atomic E-state index is -0.507. The Balaban J connectivity index is 1.54. The van der Waals surface area contributed by atoms with Gasteiger partial charge in [-0.1, -0.05) is 34.9 Å². The van der Waals surface area contributed by atoms with Gasteiger partial charge in [0, 0.05) is 32.7 Å². The first-order valence-corrected chi connectivity index (χ1v) is 8.67. The van der Waals surface area contributed by atoms with Crippen LogP contribution in [-0.4, -0.2) is 56.6 Å². The van der Waals surface area contributed by atoms with Gasteiger partial charge in [-0.25, -0.2) is 0 Å². The summed E-state index contributed by atoms with van der Waals surface area (Å²) in [5.41, 5.74) is 3.05. The Bertz CT molecular complexity index is 809. The lowest BCUT2D eigenvalue weighted by molar-refractivity contribution is -0.392. The topological polar surface area (TPSA) is 84.5 Å². The Labute approximate surface area is 152 Å². The van der Waals surface area contributed by atoms with Gasteiger partial charge in [0.25, 0.3) is 5.91 Å². The van der Waals surface area contributed by atoms with Crippen LogP contribution in [0.3, 0.4) is 0 Å². The SMILES string of the molecule is Cc1cccc(CN2CCN(C(=O)Cn3nc(C)cc3[N+](=O)[O-])CC2)c1. The lowest BCUT2D eigenvalue weighted by Gasteiger charge is -2.34. The lowest BCUT2D eigenvalue weighted by atomic mass is 10.1. The van der Waals surface area contributed by atoms with Crippen molar-refractivity contribution >= 4 is 11.7 Å². The van der Waals surface area contributed by atoms with Gasteiger partial charge in [-0.15, -0.1) is 4.68 Å². The van der Waals surface area contributed by atoms with E-state index in [0.717, 1.165) is 19.6 Å². The Hall–Kier alpha value is -2.74. The predicted molar refractivity (Wildman–Crippen MR) is 96.7 cm³/mol. The number of nitrogens with zero attached hydrogens (tertiary/aromatic N) is 5. The van der Waals surface area contributed by atoms with Crippen LogP contribution in [0, 0.1) is 24.0 Å². The highest BCUT2D eigenvalue weighted by molar-refractivity contribution is 5.76. The molecule has 0 bridgehead atoms. The first-order chi connectivity index (χ1) is 12.4. The Morgan fingerprint density at radius 2 is 1.92 bits per heavy atom. The first-order valence-electron chi connectivity index (χ1n) is 8.67. The van der Waals surface area contributed by atoms with Gasteiger partial charge in [0.05, 0.1) is 11.8 Å². The summed E-state index contributed by atoms with van der Waals surface area (Å²) in [6.07, 6.45) is 0. The summed E-state index contributed by atoms with van der Waals surface area (Å²) in [5, 5.41) is 15.1. The van der Waals surface area contributed by atoms with Gasteiger partial charge >= 0.3 is 5.82 Å². The number of rotatable bonds is 5. The second-order valence-corrected chi connectivity index (χ2v) is 6.70. The summed E-state index contributed by atoms with van der Waals surface area (Å²) in [6, 6.07) is 9.81. The van der Waals surface area contributed by atoms with E-state index in [2.05, 4.69) is 41.2 Å². The van der Waals surface area contributed by atoms with E-state index in [0.29, 0.717) is 18.8 Å². The summed E-state index contributed by atoms with van der Waals surface area (Å²) in [7, 11) is 0. The molecular formula is C18H23N5O3. The van der Waals surface area contributed by atoms with Crippen LogP contribution in [0.5, 0.6) is 0 Å². The molecule has 1 aliphatic heterocycles. The quantitative estimate of drug-likeness (QED) is 0.601. The smallest absolute Gasteiger partial charge is 0.345 e. The second kappa shape index (κ2) is 7.65. The molecule has 1 saturated heterocycles. The third-order valence-corrected chi connectivity index (χ3v) is 4.57. The summed E-state index contributed by atoms with van der Waals surface area (Å²) in [6.45, 7) is 7.36. The van der Waals surface area contributed by atoms with E-state index in [1.54, 1.807) is 11.8 Å². The van der Waals surface area contributed by atoms with Crippen molar-refractivity contribution in [2.24, 2.45) is 0 Å². The van der Waals surface area contributed by atoms with E-state index in [-0.39, 0.29) is 18.3 Å².